The number of benzene rings is 3. The van der Waals surface area contributed by atoms with Crippen LogP contribution in [0.5, 0.6) is 0 Å². The molecule has 0 fully saturated rings. The molecule has 0 bridgehead atoms. The van der Waals surface area contributed by atoms with Gasteiger partial charge in [-0.25, -0.2) is 4.39 Å². The number of halogens is 3. The van der Waals surface area contributed by atoms with Gasteiger partial charge >= 0.3 is 0 Å². The summed E-state index contributed by atoms with van der Waals surface area (Å²) in [4.78, 5) is 0. The molecule has 3 aromatic rings. The summed E-state index contributed by atoms with van der Waals surface area (Å²) in [6.07, 6.45) is 0. The van der Waals surface area contributed by atoms with Crippen LogP contribution in [0.3, 0.4) is 0 Å². The molecule has 1 nitrogen and oxygen atoms in total. The van der Waals surface area contributed by atoms with Crippen LogP contribution in [0.2, 0.25) is 10.0 Å². The molecule has 106 valence electrons. The van der Waals surface area contributed by atoms with Crippen molar-refractivity contribution in [3.05, 3.63) is 81.6 Å². The lowest BCUT2D eigenvalue weighted by Gasteiger charge is -2.17. The first-order valence-electron chi connectivity index (χ1n) is 6.45. The fraction of sp³-hybridized carbons (Fsp3) is 0.0588. The van der Waals surface area contributed by atoms with Gasteiger partial charge in [0, 0.05) is 21.0 Å². The summed E-state index contributed by atoms with van der Waals surface area (Å²) >= 11 is 12.1. The van der Waals surface area contributed by atoms with Gasteiger partial charge in [0.15, 0.2) is 0 Å². The van der Waals surface area contributed by atoms with Crippen molar-refractivity contribution in [1.29, 1.82) is 0 Å². The van der Waals surface area contributed by atoms with Crippen LogP contribution in [0, 0.1) is 5.82 Å². The SMILES string of the molecule is NC(c1cc(Cl)ccc1F)c1ccc(Cl)c2ccccc12. The van der Waals surface area contributed by atoms with Gasteiger partial charge in [0.1, 0.15) is 5.82 Å². The van der Waals surface area contributed by atoms with E-state index in [0.29, 0.717) is 15.6 Å². The van der Waals surface area contributed by atoms with Crippen LogP contribution < -0.4 is 5.73 Å². The molecule has 21 heavy (non-hydrogen) atoms. The Kier molecular flexibility index (Phi) is 3.85. The Labute approximate surface area is 132 Å². The quantitative estimate of drug-likeness (QED) is 0.678. The molecule has 0 saturated heterocycles. The summed E-state index contributed by atoms with van der Waals surface area (Å²) in [6, 6.07) is 15.1. The zero-order valence-electron chi connectivity index (χ0n) is 11.0. The second kappa shape index (κ2) is 5.64. The minimum absolute atomic E-state index is 0.370. The maximum atomic E-state index is 14.0. The van der Waals surface area contributed by atoms with Crippen LogP contribution in [0.1, 0.15) is 17.2 Å². The second-order valence-corrected chi connectivity index (χ2v) is 5.67. The molecule has 0 radical (unpaired) electrons. The second-order valence-electron chi connectivity index (χ2n) is 4.83. The van der Waals surface area contributed by atoms with Gasteiger partial charge in [0.05, 0.1) is 6.04 Å². The summed E-state index contributed by atoms with van der Waals surface area (Å²) in [5.74, 6) is -0.370. The smallest absolute Gasteiger partial charge is 0.128 e. The standard InChI is InChI=1S/C17H12Cl2FN/c18-10-5-8-16(20)14(9-10)17(21)13-6-7-15(19)12-4-2-1-3-11(12)13/h1-9,17H,21H2. The maximum Gasteiger partial charge on any atom is 0.128 e. The highest BCUT2D eigenvalue weighted by Gasteiger charge is 2.17. The number of rotatable bonds is 2. The minimum atomic E-state index is -0.606. The van der Waals surface area contributed by atoms with Crippen LogP contribution in [0.25, 0.3) is 10.8 Å². The van der Waals surface area contributed by atoms with Crippen LogP contribution in [-0.4, -0.2) is 0 Å². The van der Waals surface area contributed by atoms with E-state index in [1.54, 1.807) is 12.1 Å². The van der Waals surface area contributed by atoms with Gasteiger partial charge in [-0.2, -0.15) is 0 Å². The monoisotopic (exact) mass is 319 g/mol. The molecule has 3 aromatic carbocycles. The molecule has 0 aromatic heterocycles. The van der Waals surface area contributed by atoms with Gasteiger partial charge in [-0.1, -0.05) is 53.5 Å². The Morgan fingerprint density at radius 3 is 2.33 bits per heavy atom. The van der Waals surface area contributed by atoms with E-state index in [-0.39, 0.29) is 5.82 Å². The first-order valence-corrected chi connectivity index (χ1v) is 7.21. The van der Waals surface area contributed by atoms with E-state index in [0.717, 1.165) is 16.3 Å². The average Bonchev–Trinajstić information content (AvgIpc) is 2.50. The van der Waals surface area contributed by atoms with E-state index in [4.69, 9.17) is 28.9 Å². The van der Waals surface area contributed by atoms with Gasteiger partial charge in [-0.15, -0.1) is 0 Å². The first-order chi connectivity index (χ1) is 10.1. The highest BCUT2D eigenvalue weighted by Crippen LogP contribution is 2.33. The van der Waals surface area contributed by atoms with Gasteiger partial charge in [0.25, 0.3) is 0 Å². The molecule has 0 aliphatic rings. The molecular formula is C17H12Cl2FN. The first kappa shape index (κ1) is 14.3. The molecule has 0 heterocycles. The fourth-order valence-corrected chi connectivity index (χ4v) is 2.89. The lowest BCUT2D eigenvalue weighted by atomic mass is 9.94. The average molecular weight is 320 g/mol. The summed E-state index contributed by atoms with van der Waals surface area (Å²) in [6.45, 7) is 0. The van der Waals surface area contributed by atoms with Gasteiger partial charge in [-0.3, -0.25) is 0 Å². The van der Waals surface area contributed by atoms with E-state index in [9.17, 15) is 4.39 Å². The lowest BCUT2D eigenvalue weighted by Crippen LogP contribution is -2.14. The molecular weight excluding hydrogens is 308 g/mol. The Hall–Kier alpha value is -1.61. The van der Waals surface area contributed by atoms with Crippen LogP contribution in [0.15, 0.2) is 54.6 Å². The Bertz CT molecular complexity index is 817. The van der Waals surface area contributed by atoms with Crippen molar-refractivity contribution in [1.82, 2.24) is 0 Å². The van der Waals surface area contributed by atoms with Gasteiger partial charge in [-0.05, 0) is 35.2 Å². The largest absolute Gasteiger partial charge is 0.320 e. The molecule has 1 atom stereocenters. The number of hydrogen-bond donors (Lipinski definition) is 1. The molecule has 0 spiro atoms. The minimum Gasteiger partial charge on any atom is -0.320 e. The van der Waals surface area contributed by atoms with E-state index >= 15 is 0 Å². The molecule has 3 rings (SSSR count). The van der Waals surface area contributed by atoms with Crippen molar-refractivity contribution in [2.24, 2.45) is 5.73 Å². The Morgan fingerprint density at radius 1 is 0.857 bits per heavy atom. The summed E-state index contributed by atoms with van der Waals surface area (Å²) < 4.78 is 14.0. The van der Waals surface area contributed by atoms with Crippen molar-refractivity contribution >= 4 is 34.0 Å². The molecule has 1 unspecified atom stereocenters. The predicted molar refractivity (Wildman–Crippen MR) is 86.4 cm³/mol. The highest BCUT2D eigenvalue weighted by atomic mass is 35.5. The van der Waals surface area contributed by atoms with E-state index in [2.05, 4.69) is 0 Å². The maximum absolute atomic E-state index is 14.0. The molecule has 4 heteroatoms. The van der Waals surface area contributed by atoms with Crippen molar-refractivity contribution in [2.45, 2.75) is 6.04 Å². The molecule has 0 aliphatic heterocycles. The van der Waals surface area contributed by atoms with Crippen LogP contribution >= 0.6 is 23.2 Å². The van der Waals surface area contributed by atoms with E-state index in [1.165, 1.54) is 12.1 Å². The summed E-state index contributed by atoms with van der Waals surface area (Å²) in [5, 5.41) is 2.92. The lowest BCUT2D eigenvalue weighted by molar-refractivity contribution is 0.600. The van der Waals surface area contributed by atoms with Crippen LogP contribution in [-0.2, 0) is 0 Å². The molecule has 0 saturated carbocycles. The van der Waals surface area contributed by atoms with Crippen molar-refractivity contribution in [3.63, 3.8) is 0 Å². The highest BCUT2D eigenvalue weighted by molar-refractivity contribution is 6.35. The molecule has 2 N–H and O–H groups in total. The topological polar surface area (TPSA) is 26.0 Å². The Balaban J connectivity index is 2.20. The Morgan fingerprint density at radius 2 is 1.57 bits per heavy atom. The fourth-order valence-electron chi connectivity index (χ4n) is 2.48. The summed E-state index contributed by atoms with van der Waals surface area (Å²) in [7, 11) is 0. The number of nitrogens with two attached hydrogens (primary N) is 1. The third kappa shape index (κ3) is 2.62. The summed E-state index contributed by atoms with van der Waals surface area (Å²) in [5.41, 5.74) is 7.45. The zero-order chi connectivity index (χ0) is 15.0. The normalized spacial score (nSPS) is 12.6. The van der Waals surface area contributed by atoms with E-state index < -0.39 is 6.04 Å². The predicted octanol–water partition coefficient (Wildman–Crippen LogP) is 5.33. The van der Waals surface area contributed by atoms with Gasteiger partial charge < -0.3 is 5.73 Å². The zero-order valence-corrected chi connectivity index (χ0v) is 12.5. The molecule has 0 amide bonds. The molecule has 0 aliphatic carbocycles. The third-order valence-corrected chi connectivity index (χ3v) is 4.10. The van der Waals surface area contributed by atoms with Crippen LogP contribution in [0.4, 0.5) is 4.39 Å². The number of hydrogen-bond acceptors (Lipinski definition) is 1. The third-order valence-electron chi connectivity index (χ3n) is 3.53. The van der Waals surface area contributed by atoms with E-state index in [1.807, 2.05) is 30.3 Å². The van der Waals surface area contributed by atoms with Crippen molar-refractivity contribution in [2.75, 3.05) is 0 Å². The van der Waals surface area contributed by atoms with Crippen molar-refractivity contribution < 1.29 is 4.39 Å². The van der Waals surface area contributed by atoms with Gasteiger partial charge in [0.2, 0.25) is 0 Å². The van der Waals surface area contributed by atoms with Crippen molar-refractivity contribution in [3.8, 4) is 0 Å². The number of fused-ring (bicyclic) bond motifs is 1.